The molecule has 0 unspecified atom stereocenters. The van der Waals surface area contributed by atoms with Crippen LogP contribution in [0, 0.1) is 5.82 Å². The average Bonchev–Trinajstić information content (AvgIpc) is 2.25. The number of benzene rings is 1. The molecule has 0 aromatic heterocycles. The van der Waals surface area contributed by atoms with Gasteiger partial charge in [-0.3, -0.25) is 0 Å². The Labute approximate surface area is 95.0 Å². The lowest BCUT2D eigenvalue weighted by Gasteiger charge is -1.99. The maximum atomic E-state index is 13.3. The molecule has 1 aromatic rings. The normalized spacial score (nSPS) is 11.1. The van der Waals surface area contributed by atoms with Crippen molar-refractivity contribution in [2.24, 2.45) is 0 Å². The first-order chi connectivity index (χ1) is 7.27. The third-order valence-electron chi connectivity index (χ3n) is 2.09. The molecule has 1 nitrogen and oxygen atoms in total. The van der Waals surface area contributed by atoms with Crippen LogP contribution in [-0.4, -0.2) is 13.6 Å². The van der Waals surface area contributed by atoms with Gasteiger partial charge in [-0.1, -0.05) is 24.3 Å². The van der Waals surface area contributed by atoms with Gasteiger partial charge in [0.05, 0.1) is 5.88 Å². The maximum absolute atomic E-state index is 13.3. The summed E-state index contributed by atoms with van der Waals surface area (Å²) in [6.07, 6.45) is 4.87. The predicted molar refractivity (Wildman–Crippen MR) is 63.5 cm³/mol. The second-order valence-electron chi connectivity index (χ2n) is 3.28. The summed E-state index contributed by atoms with van der Waals surface area (Å²) in [5.74, 6) is -0.0176. The standard InChI is InChI=1S/C12H15ClFN/c1-15-7-3-2-4-10-5-6-11(9-13)12(14)8-10/h2,4-6,8,15H,3,7,9H2,1H3. The van der Waals surface area contributed by atoms with Gasteiger partial charge in [0.25, 0.3) is 0 Å². The summed E-state index contributed by atoms with van der Waals surface area (Å²) >= 11 is 5.56. The van der Waals surface area contributed by atoms with Gasteiger partial charge in [0.1, 0.15) is 5.82 Å². The van der Waals surface area contributed by atoms with Crippen molar-refractivity contribution >= 4 is 17.7 Å². The highest BCUT2D eigenvalue weighted by Gasteiger charge is 1.99. The molecule has 82 valence electrons. The Morgan fingerprint density at radius 1 is 1.47 bits per heavy atom. The molecule has 0 saturated heterocycles. The fourth-order valence-electron chi connectivity index (χ4n) is 1.22. The van der Waals surface area contributed by atoms with Crippen LogP contribution in [0.4, 0.5) is 4.39 Å². The van der Waals surface area contributed by atoms with Crippen LogP contribution >= 0.6 is 11.6 Å². The van der Waals surface area contributed by atoms with Gasteiger partial charge in [-0.05, 0) is 31.6 Å². The van der Waals surface area contributed by atoms with Crippen LogP contribution in [0.25, 0.3) is 6.08 Å². The first-order valence-electron chi connectivity index (χ1n) is 4.93. The molecule has 0 aliphatic rings. The molecule has 15 heavy (non-hydrogen) atoms. The van der Waals surface area contributed by atoms with Gasteiger partial charge >= 0.3 is 0 Å². The third kappa shape index (κ3) is 4.02. The molecule has 0 aliphatic carbocycles. The van der Waals surface area contributed by atoms with Crippen LogP contribution in [0.1, 0.15) is 17.5 Å². The van der Waals surface area contributed by atoms with E-state index < -0.39 is 0 Å². The van der Waals surface area contributed by atoms with Crippen LogP contribution in [0.5, 0.6) is 0 Å². The van der Waals surface area contributed by atoms with E-state index in [4.69, 9.17) is 11.6 Å². The molecule has 1 aromatic carbocycles. The number of rotatable bonds is 5. The van der Waals surface area contributed by atoms with Crippen molar-refractivity contribution in [1.29, 1.82) is 0 Å². The van der Waals surface area contributed by atoms with Crippen molar-refractivity contribution in [2.75, 3.05) is 13.6 Å². The molecular formula is C12H15ClFN. The number of hydrogen-bond donors (Lipinski definition) is 1. The topological polar surface area (TPSA) is 12.0 Å². The molecule has 0 atom stereocenters. The van der Waals surface area contributed by atoms with E-state index in [1.807, 2.05) is 25.3 Å². The minimum Gasteiger partial charge on any atom is -0.319 e. The second-order valence-corrected chi connectivity index (χ2v) is 3.55. The summed E-state index contributed by atoms with van der Waals surface area (Å²) in [5.41, 5.74) is 1.42. The minimum atomic E-state index is -0.235. The third-order valence-corrected chi connectivity index (χ3v) is 2.38. The van der Waals surface area contributed by atoms with Crippen molar-refractivity contribution in [2.45, 2.75) is 12.3 Å². The van der Waals surface area contributed by atoms with E-state index in [1.165, 1.54) is 6.07 Å². The van der Waals surface area contributed by atoms with Gasteiger partial charge in [0.2, 0.25) is 0 Å². The van der Waals surface area contributed by atoms with Crippen LogP contribution in [0.15, 0.2) is 24.3 Å². The van der Waals surface area contributed by atoms with Crippen LogP contribution in [0.3, 0.4) is 0 Å². The lowest BCUT2D eigenvalue weighted by molar-refractivity contribution is 0.616. The Bertz CT molecular complexity index is 336. The average molecular weight is 228 g/mol. The highest BCUT2D eigenvalue weighted by Crippen LogP contribution is 2.13. The Morgan fingerprint density at radius 2 is 2.27 bits per heavy atom. The van der Waals surface area contributed by atoms with Gasteiger partial charge in [-0.25, -0.2) is 4.39 Å². The summed E-state index contributed by atoms with van der Waals surface area (Å²) < 4.78 is 13.3. The van der Waals surface area contributed by atoms with E-state index in [1.54, 1.807) is 6.07 Å². The summed E-state index contributed by atoms with van der Waals surface area (Å²) in [5, 5.41) is 3.04. The van der Waals surface area contributed by atoms with Crippen LogP contribution in [-0.2, 0) is 5.88 Å². The minimum absolute atomic E-state index is 0.218. The van der Waals surface area contributed by atoms with E-state index in [0.29, 0.717) is 5.56 Å². The first kappa shape index (κ1) is 12.2. The van der Waals surface area contributed by atoms with Crippen molar-refractivity contribution in [3.63, 3.8) is 0 Å². The van der Waals surface area contributed by atoms with Gasteiger partial charge < -0.3 is 5.32 Å². The first-order valence-corrected chi connectivity index (χ1v) is 5.47. The maximum Gasteiger partial charge on any atom is 0.128 e. The molecule has 0 aliphatic heterocycles. The van der Waals surface area contributed by atoms with E-state index in [-0.39, 0.29) is 11.7 Å². The number of alkyl halides is 1. The second kappa shape index (κ2) is 6.59. The molecule has 0 spiro atoms. The molecule has 3 heteroatoms. The number of hydrogen-bond acceptors (Lipinski definition) is 1. The number of nitrogens with one attached hydrogen (secondary N) is 1. The van der Waals surface area contributed by atoms with Crippen molar-refractivity contribution in [3.05, 3.63) is 41.2 Å². The lowest BCUT2D eigenvalue weighted by atomic mass is 10.1. The molecule has 0 fully saturated rings. The molecule has 0 bridgehead atoms. The largest absolute Gasteiger partial charge is 0.319 e. The van der Waals surface area contributed by atoms with E-state index in [9.17, 15) is 4.39 Å². The highest BCUT2D eigenvalue weighted by atomic mass is 35.5. The Kier molecular flexibility index (Phi) is 5.37. The Hall–Kier alpha value is -0.860. The zero-order chi connectivity index (χ0) is 11.1. The fourth-order valence-corrected chi connectivity index (χ4v) is 1.44. The lowest BCUT2D eigenvalue weighted by Crippen LogP contribution is -2.05. The Morgan fingerprint density at radius 3 is 2.87 bits per heavy atom. The quantitative estimate of drug-likeness (QED) is 0.602. The monoisotopic (exact) mass is 227 g/mol. The van der Waals surface area contributed by atoms with E-state index in [2.05, 4.69) is 5.32 Å². The summed E-state index contributed by atoms with van der Waals surface area (Å²) in [4.78, 5) is 0. The molecule has 1 N–H and O–H groups in total. The highest BCUT2D eigenvalue weighted by molar-refractivity contribution is 6.17. The van der Waals surface area contributed by atoms with Gasteiger partial charge in [-0.2, -0.15) is 0 Å². The molecule has 0 amide bonds. The van der Waals surface area contributed by atoms with E-state index >= 15 is 0 Å². The molecule has 1 rings (SSSR count). The Balaban J connectivity index is 2.63. The molecule has 0 radical (unpaired) electrons. The van der Waals surface area contributed by atoms with E-state index in [0.717, 1.165) is 18.5 Å². The smallest absolute Gasteiger partial charge is 0.128 e. The summed E-state index contributed by atoms with van der Waals surface area (Å²) in [6, 6.07) is 5.10. The molecular weight excluding hydrogens is 213 g/mol. The fraction of sp³-hybridized carbons (Fsp3) is 0.333. The van der Waals surface area contributed by atoms with Crippen molar-refractivity contribution in [3.8, 4) is 0 Å². The van der Waals surface area contributed by atoms with Crippen molar-refractivity contribution < 1.29 is 4.39 Å². The predicted octanol–water partition coefficient (Wildman–Crippen LogP) is 3.19. The molecule has 0 saturated carbocycles. The van der Waals surface area contributed by atoms with Gasteiger partial charge in [-0.15, -0.1) is 11.6 Å². The van der Waals surface area contributed by atoms with Gasteiger partial charge in [0, 0.05) is 5.56 Å². The van der Waals surface area contributed by atoms with Crippen LogP contribution < -0.4 is 5.32 Å². The zero-order valence-electron chi connectivity index (χ0n) is 8.76. The zero-order valence-corrected chi connectivity index (χ0v) is 9.52. The van der Waals surface area contributed by atoms with Crippen LogP contribution in [0.2, 0.25) is 0 Å². The molecule has 0 heterocycles. The van der Waals surface area contributed by atoms with Crippen molar-refractivity contribution in [1.82, 2.24) is 5.32 Å². The number of halogens is 2. The summed E-state index contributed by atoms with van der Waals surface area (Å²) in [7, 11) is 1.91. The SMILES string of the molecule is CNCCC=Cc1ccc(CCl)c(F)c1. The summed E-state index contributed by atoms with van der Waals surface area (Å²) in [6.45, 7) is 0.929. The van der Waals surface area contributed by atoms with Gasteiger partial charge in [0.15, 0.2) is 0 Å².